The third-order valence-electron chi connectivity index (χ3n) is 2.27. The molecule has 0 aliphatic heterocycles. The number of rotatable bonds is 1. The van der Waals surface area contributed by atoms with E-state index in [2.05, 4.69) is 19.1 Å². The minimum Gasteiger partial charge on any atom is -0.465 e. The van der Waals surface area contributed by atoms with Crippen LogP contribution in [0.4, 0.5) is 0 Å². The average Bonchev–Trinajstić information content (AvgIpc) is 2.14. The number of carbonyl (C=O) groups excluding carboxylic acids is 1. The molecular weight excluding hydrogens is 176 g/mol. The van der Waals surface area contributed by atoms with Crippen molar-refractivity contribution in [3.05, 3.63) is 35.5 Å². The lowest BCUT2D eigenvalue weighted by atomic mass is 9.97. The van der Waals surface area contributed by atoms with Gasteiger partial charge in [-0.05, 0) is 30.9 Å². The van der Waals surface area contributed by atoms with E-state index in [0.29, 0.717) is 11.5 Å². The van der Waals surface area contributed by atoms with Crippen LogP contribution in [-0.4, -0.2) is 13.1 Å². The van der Waals surface area contributed by atoms with E-state index in [-0.39, 0.29) is 5.97 Å². The fourth-order valence-corrected chi connectivity index (χ4v) is 1.51. The van der Waals surface area contributed by atoms with Crippen LogP contribution in [0.25, 0.3) is 0 Å². The molecule has 2 nitrogen and oxygen atoms in total. The van der Waals surface area contributed by atoms with Gasteiger partial charge in [-0.2, -0.15) is 0 Å². The van der Waals surface area contributed by atoms with E-state index in [0.717, 1.165) is 12.0 Å². The Bertz CT molecular complexity index is 308. The van der Waals surface area contributed by atoms with Gasteiger partial charge in [-0.25, -0.2) is 4.79 Å². The summed E-state index contributed by atoms with van der Waals surface area (Å²) in [5.41, 5.74) is 1.64. The summed E-state index contributed by atoms with van der Waals surface area (Å²) in [6.07, 6.45) is 8.91. The lowest BCUT2D eigenvalue weighted by Gasteiger charge is -2.10. The fraction of sp³-hybridized carbons (Fsp3) is 0.417. The van der Waals surface area contributed by atoms with Gasteiger partial charge in [-0.15, -0.1) is 0 Å². The molecule has 0 spiro atoms. The number of methoxy groups -OCH3 is 1. The van der Waals surface area contributed by atoms with Gasteiger partial charge in [0, 0.05) is 0 Å². The summed E-state index contributed by atoms with van der Waals surface area (Å²) in [7, 11) is 1.41. The third-order valence-corrected chi connectivity index (χ3v) is 2.27. The summed E-state index contributed by atoms with van der Waals surface area (Å²) in [6.45, 7) is 4.08. The van der Waals surface area contributed by atoms with Crippen LogP contribution in [0.2, 0.25) is 0 Å². The van der Waals surface area contributed by atoms with Gasteiger partial charge in [0.1, 0.15) is 0 Å². The predicted molar refractivity (Wildman–Crippen MR) is 56.8 cm³/mol. The van der Waals surface area contributed by atoms with Crippen molar-refractivity contribution in [1.29, 1.82) is 0 Å². The molecule has 1 atom stereocenters. The first-order valence-electron chi connectivity index (χ1n) is 4.79. The van der Waals surface area contributed by atoms with E-state index in [4.69, 9.17) is 4.74 Å². The van der Waals surface area contributed by atoms with Gasteiger partial charge in [0.25, 0.3) is 0 Å². The second-order valence-corrected chi connectivity index (χ2v) is 3.56. The number of esters is 1. The maximum absolute atomic E-state index is 11.4. The Morgan fingerprint density at radius 2 is 2.29 bits per heavy atom. The molecule has 0 aromatic carbocycles. The van der Waals surface area contributed by atoms with E-state index >= 15 is 0 Å². The largest absolute Gasteiger partial charge is 0.465 e. The molecule has 0 heterocycles. The van der Waals surface area contributed by atoms with Gasteiger partial charge < -0.3 is 4.74 Å². The van der Waals surface area contributed by atoms with Crippen LogP contribution in [0.1, 0.15) is 20.3 Å². The van der Waals surface area contributed by atoms with Crippen LogP contribution in [0.3, 0.4) is 0 Å². The smallest absolute Gasteiger partial charge is 0.338 e. The van der Waals surface area contributed by atoms with Crippen molar-refractivity contribution in [2.75, 3.05) is 7.11 Å². The zero-order valence-electron chi connectivity index (χ0n) is 8.91. The van der Waals surface area contributed by atoms with Gasteiger partial charge in [0.15, 0.2) is 0 Å². The monoisotopic (exact) mass is 192 g/mol. The zero-order valence-corrected chi connectivity index (χ0v) is 8.91. The van der Waals surface area contributed by atoms with Crippen molar-refractivity contribution < 1.29 is 9.53 Å². The first-order valence-corrected chi connectivity index (χ1v) is 4.79. The van der Waals surface area contributed by atoms with Crippen LogP contribution in [0, 0.1) is 5.92 Å². The van der Waals surface area contributed by atoms with Crippen molar-refractivity contribution >= 4 is 5.97 Å². The number of ether oxygens (including phenoxy) is 1. The standard InChI is InChI=1S/C12H16O2/c1-9-6-4-5-7-11(10(2)8-9)12(13)14-3/h4-5,7-9H,6H2,1-3H3. The average molecular weight is 192 g/mol. The highest BCUT2D eigenvalue weighted by atomic mass is 16.5. The maximum atomic E-state index is 11.4. The molecule has 0 saturated heterocycles. The molecule has 0 aromatic rings. The Hall–Kier alpha value is -1.31. The van der Waals surface area contributed by atoms with Crippen LogP contribution in [0.5, 0.6) is 0 Å². The fourth-order valence-electron chi connectivity index (χ4n) is 1.51. The van der Waals surface area contributed by atoms with Crippen molar-refractivity contribution in [1.82, 2.24) is 0 Å². The summed E-state index contributed by atoms with van der Waals surface area (Å²) in [6, 6.07) is 0. The van der Waals surface area contributed by atoms with E-state index in [9.17, 15) is 4.79 Å². The third kappa shape index (κ3) is 2.59. The van der Waals surface area contributed by atoms with Crippen LogP contribution >= 0.6 is 0 Å². The quantitative estimate of drug-likeness (QED) is 0.597. The number of allylic oxidation sites excluding steroid dienone is 4. The molecule has 1 rings (SSSR count). The van der Waals surface area contributed by atoms with Crippen molar-refractivity contribution in [3.8, 4) is 0 Å². The van der Waals surface area contributed by atoms with Gasteiger partial charge in [0.2, 0.25) is 0 Å². The molecule has 2 heteroatoms. The summed E-state index contributed by atoms with van der Waals surface area (Å²) < 4.78 is 4.71. The van der Waals surface area contributed by atoms with E-state index in [1.54, 1.807) is 0 Å². The molecule has 1 aliphatic rings. The van der Waals surface area contributed by atoms with Gasteiger partial charge in [-0.3, -0.25) is 0 Å². The summed E-state index contributed by atoms with van der Waals surface area (Å²) >= 11 is 0. The summed E-state index contributed by atoms with van der Waals surface area (Å²) in [5, 5.41) is 0. The number of hydrogen-bond acceptors (Lipinski definition) is 2. The van der Waals surface area contributed by atoms with Gasteiger partial charge >= 0.3 is 5.97 Å². The van der Waals surface area contributed by atoms with Crippen LogP contribution < -0.4 is 0 Å². The lowest BCUT2D eigenvalue weighted by Crippen LogP contribution is -2.07. The van der Waals surface area contributed by atoms with Gasteiger partial charge in [0.05, 0.1) is 12.7 Å². The highest BCUT2D eigenvalue weighted by Gasteiger charge is 2.12. The Morgan fingerprint density at radius 1 is 1.57 bits per heavy atom. The molecule has 14 heavy (non-hydrogen) atoms. The van der Waals surface area contributed by atoms with Crippen molar-refractivity contribution in [3.63, 3.8) is 0 Å². The highest BCUT2D eigenvalue weighted by Crippen LogP contribution is 2.18. The molecule has 0 saturated carbocycles. The molecule has 0 N–H and O–H groups in total. The van der Waals surface area contributed by atoms with E-state index in [1.165, 1.54) is 7.11 Å². The van der Waals surface area contributed by atoms with Crippen molar-refractivity contribution in [2.45, 2.75) is 20.3 Å². The molecular formula is C12H16O2. The second kappa shape index (κ2) is 4.80. The molecule has 0 fully saturated rings. The lowest BCUT2D eigenvalue weighted by molar-refractivity contribution is -0.135. The number of carbonyl (C=O) groups is 1. The predicted octanol–water partition coefficient (Wildman–Crippen LogP) is 2.63. The Morgan fingerprint density at radius 3 is 2.93 bits per heavy atom. The molecule has 0 amide bonds. The summed E-state index contributed by atoms with van der Waals surface area (Å²) in [5.74, 6) is 0.206. The Kier molecular flexibility index (Phi) is 3.69. The van der Waals surface area contributed by atoms with Crippen LogP contribution in [0.15, 0.2) is 35.5 Å². The molecule has 76 valence electrons. The highest BCUT2D eigenvalue weighted by molar-refractivity contribution is 5.93. The molecule has 0 bridgehead atoms. The molecule has 0 radical (unpaired) electrons. The number of hydrogen-bond donors (Lipinski definition) is 0. The Balaban J connectivity index is 3.00. The van der Waals surface area contributed by atoms with Crippen LogP contribution in [-0.2, 0) is 9.53 Å². The van der Waals surface area contributed by atoms with E-state index < -0.39 is 0 Å². The summed E-state index contributed by atoms with van der Waals surface area (Å²) in [4.78, 5) is 11.4. The minimum absolute atomic E-state index is 0.266. The van der Waals surface area contributed by atoms with Crippen molar-refractivity contribution in [2.24, 2.45) is 5.92 Å². The molecule has 1 unspecified atom stereocenters. The van der Waals surface area contributed by atoms with E-state index in [1.807, 2.05) is 19.1 Å². The topological polar surface area (TPSA) is 26.3 Å². The zero-order chi connectivity index (χ0) is 10.6. The molecule has 0 aromatic heterocycles. The maximum Gasteiger partial charge on any atom is 0.338 e. The minimum atomic E-state index is -0.266. The first kappa shape index (κ1) is 10.8. The first-order chi connectivity index (χ1) is 6.65. The normalized spacial score (nSPS) is 21.8. The van der Waals surface area contributed by atoms with Gasteiger partial charge in [-0.1, -0.05) is 25.2 Å². The SMILES string of the molecule is COC(=O)C1=CC=CCC(C)C=C1C. The second-order valence-electron chi connectivity index (χ2n) is 3.56. The Labute approximate surface area is 85.0 Å². The molecule has 1 aliphatic carbocycles.